The van der Waals surface area contributed by atoms with Gasteiger partial charge in [0.05, 0.1) is 10.6 Å². The van der Waals surface area contributed by atoms with Gasteiger partial charge in [-0.15, -0.1) is 0 Å². The highest BCUT2D eigenvalue weighted by Gasteiger charge is 2.04. The summed E-state index contributed by atoms with van der Waals surface area (Å²) in [7, 11) is 0. The predicted molar refractivity (Wildman–Crippen MR) is 96.1 cm³/mol. The molecule has 8 heteroatoms. The minimum Gasteiger partial charge on any atom is -0.299 e. The Bertz CT molecular complexity index is 761. The summed E-state index contributed by atoms with van der Waals surface area (Å²) in [4.78, 5) is 21.8. The second-order valence-corrected chi connectivity index (χ2v) is 5.02. The molecule has 24 heavy (non-hydrogen) atoms. The molecule has 0 aliphatic carbocycles. The molecule has 0 aliphatic heterocycles. The van der Waals surface area contributed by atoms with Crippen molar-refractivity contribution in [3.05, 3.63) is 76.4 Å². The molecule has 3 N–H and O–H groups in total. The fraction of sp³-hybridized carbons (Fsp3) is 0. The lowest BCUT2D eigenvalue weighted by atomic mass is 10.2. The van der Waals surface area contributed by atoms with Crippen LogP contribution in [0.5, 0.6) is 0 Å². The molecule has 1 amide bonds. The number of hydrogen-bond acceptors (Lipinski definition) is 5. The number of nitro benzene ring substituents is 1. The Morgan fingerprint density at radius 2 is 1.75 bits per heavy atom. The number of nitrogens with one attached hydrogen (secondary N) is 3. The van der Waals surface area contributed by atoms with Crippen LogP contribution in [0.2, 0.25) is 0 Å². The van der Waals surface area contributed by atoms with Crippen LogP contribution in [-0.2, 0) is 4.79 Å². The van der Waals surface area contributed by atoms with Gasteiger partial charge in [0, 0.05) is 18.2 Å². The number of amides is 1. The first-order valence-electron chi connectivity index (χ1n) is 6.89. The lowest BCUT2D eigenvalue weighted by molar-refractivity contribution is -0.384. The number of carbonyl (C=O) groups excluding carboxylic acids is 1. The van der Waals surface area contributed by atoms with Gasteiger partial charge in [-0.1, -0.05) is 30.3 Å². The van der Waals surface area contributed by atoms with Gasteiger partial charge in [0.25, 0.3) is 5.69 Å². The zero-order valence-corrected chi connectivity index (χ0v) is 13.2. The van der Waals surface area contributed by atoms with Crippen LogP contribution in [0.3, 0.4) is 0 Å². The number of benzene rings is 2. The third-order valence-corrected chi connectivity index (χ3v) is 3.07. The Balaban J connectivity index is 1.79. The smallest absolute Gasteiger partial charge is 0.269 e. The highest BCUT2D eigenvalue weighted by atomic mass is 32.1. The number of rotatable bonds is 5. The Morgan fingerprint density at radius 1 is 1.08 bits per heavy atom. The van der Waals surface area contributed by atoms with Crippen molar-refractivity contribution < 1.29 is 9.72 Å². The lowest BCUT2D eigenvalue weighted by Gasteiger charge is -2.10. The van der Waals surface area contributed by atoms with Gasteiger partial charge in [-0.25, -0.2) is 0 Å². The van der Waals surface area contributed by atoms with E-state index < -0.39 is 4.92 Å². The number of nitrogens with zero attached hydrogens (tertiary/aromatic N) is 1. The highest BCUT2D eigenvalue weighted by Crippen LogP contribution is 2.14. The fourth-order valence-electron chi connectivity index (χ4n) is 1.72. The number of carbonyl (C=O) groups is 1. The third kappa shape index (κ3) is 5.50. The zero-order chi connectivity index (χ0) is 17.4. The van der Waals surface area contributed by atoms with E-state index in [1.165, 1.54) is 30.3 Å². The number of hydrogen-bond donors (Lipinski definition) is 3. The fourth-order valence-corrected chi connectivity index (χ4v) is 1.87. The van der Waals surface area contributed by atoms with E-state index in [0.717, 1.165) is 5.56 Å². The standard InChI is InChI=1S/C16H14N4O3S/c21-15(11-6-12-4-2-1-3-5-12)17-16(24)19-18-13-7-9-14(10-8-13)20(22)23/h1-11,18H,(H2,17,19,21,24)/b11-6+. The summed E-state index contributed by atoms with van der Waals surface area (Å²) >= 11 is 4.98. The quantitative estimate of drug-likeness (QED) is 0.334. The summed E-state index contributed by atoms with van der Waals surface area (Å²) in [5, 5.41) is 13.1. The van der Waals surface area contributed by atoms with E-state index in [1.807, 2.05) is 30.3 Å². The van der Waals surface area contributed by atoms with Crippen molar-refractivity contribution >= 4 is 40.7 Å². The number of non-ortho nitro benzene ring substituents is 1. The Labute approximate surface area is 143 Å². The van der Waals surface area contributed by atoms with E-state index in [2.05, 4.69) is 16.2 Å². The summed E-state index contributed by atoms with van der Waals surface area (Å²) in [6.07, 6.45) is 3.04. The monoisotopic (exact) mass is 342 g/mol. The highest BCUT2D eigenvalue weighted by molar-refractivity contribution is 7.80. The van der Waals surface area contributed by atoms with Crippen molar-refractivity contribution in [1.29, 1.82) is 0 Å². The first kappa shape index (κ1) is 17.1. The van der Waals surface area contributed by atoms with Crippen LogP contribution in [0.4, 0.5) is 11.4 Å². The van der Waals surface area contributed by atoms with Gasteiger partial charge in [-0.3, -0.25) is 31.1 Å². The van der Waals surface area contributed by atoms with Gasteiger partial charge in [0.2, 0.25) is 5.91 Å². The number of anilines is 1. The number of hydrazine groups is 1. The normalized spacial score (nSPS) is 10.2. The van der Waals surface area contributed by atoms with E-state index in [9.17, 15) is 14.9 Å². The Hall–Kier alpha value is -3.26. The maximum atomic E-state index is 11.7. The first-order valence-corrected chi connectivity index (χ1v) is 7.30. The van der Waals surface area contributed by atoms with Crippen molar-refractivity contribution in [3.8, 4) is 0 Å². The van der Waals surface area contributed by atoms with Crippen LogP contribution in [0.1, 0.15) is 5.56 Å². The molecular formula is C16H14N4O3S. The molecular weight excluding hydrogens is 328 g/mol. The van der Waals surface area contributed by atoms with Crippen LogP contribution in [0.25, 0.3) is 6.08 Å². The second-order valence-electron chi connectivity index (χ2n) is 4.62. The maximum absolute atomic E-state index is 11.7. The molecule has 0 radical (unpaired) electrons. The molecule has 0 saturated carbocycles. The Morgan fingerprint density at radius 3 is 2.38 bits per heavy atom. The van der Waals surface area contributed by atoms with Crippen molar-refractivity contribution in [2.45, 2.75) is 0 Å². The van der Waals surface area contributed by atoms with E-state index in [0.29, 0.717) is 5.69 Å². The van der Waals surface area contributed by atoms with E-state index in [4.69, 9.17) is 12.2 Å². The Kier molecular flexibility index (Phi) is 5.98. The summed E-state index contributed by atoms with van der Waals surface area (Å²) in [5.74, 6) is -0.373. The molecule has 7 nitrogen and oxygen atoms in total. The van der Waals surface area contributed by atoms with Crippen LogP contribution < -0.4 is 16.2 Å². The molecule has 2 rings (SSSR count). The van der Waals surface area contributed by atoms with Gasteiger partial charge >= 0.3 is 0 Å². The molecule has 2 aromatic rings. The summed E-state index contributed by atoms with van der Waals surface area (Å²) in [6, 6.07) is 15.1. The van der Waals surface area contributed by atoms with Crippen molar-refractivity contribution in [1.82, 2.24) is 10.7 Å². The van der Waals surface area contributed by atoms with Crippen LogP contribution in [0, 0.1) is 10.1 Å². The molecule has 0 atom stereocenters. The second kappa shape index (κ2) is 8.39. The van der Waals surface area contributed by atoms with Gasteiger partial charge in [-0.2, -0.15) is 0 Å². The number of thiocarbonyl (C=S) groups is 1. The summed E-state index contributed by atoms with van der Waals surface area (Å²) in [6.45, 7) is 0. The van der Waals surface area contributed by atoms with Gasteiger partial charge in [-0.05, 0) is 36.0 Å². The minimum atomic E-state index is -0.485. The number of nitro groups is 1. The molecule has 0 aliphatic rings. The van der Waals surface area contributed by atoms with Gasteiger partial charge in [0.15, 0.2) is 5.11 Å². The average Bonchev–Trinajstić information content (AvgIpc) is 2.59. The van der Waals surface area contributed by atoms with E-state index in [1.54, 1.807) is 6.08 Å². The predicted octanol–water partition coefficient (Wildman–Crippen LogP) is 2.63. The van der Waals surface area contributed by atoms with E-state index in [-0.39, 0.29) is 16.7 Å². The molecule has 0 unspecified atom stereocenters. The lowest BCUT2D eigenvalue weighted by Crippen LogP contribution is -2.41. The summed E-state index contributed by atoms with van der Waals surface area (Å²) < 4.78 is 0. The molecule has 122 valence electrons. The van der Waals surface area contributed by atoms with Gasteiger partial charge < -0.3 is 0 Å². The molecule has 0 fully saturated rings. The molecule has 0 heterocycles. The first-order chi connectivity index (χ1) is 11.5. The minimum absolute atomic E-state index is 0.0116. The van der Waals surface area contributed by atoms with Gasteiger partial charge in [0.1, 0.15) is 0 Å². The topological polar surface area (TPSA) is 96.3 Å². The zero-order valence-electron chi connectivity index (χ0n) is 12.4. The van der Waals surface area contributed by atoms with Crippen LogP contribution in [-0.4, -0.2) is 15.9 Å². The average molecular weight is 342 g/mol. The third-order valence-electron chi connectivity index (χ3n) is 2.86. The molecule has 0 bridgehead atoms. The SMILES string of the molecule is O=C(/C=C/c1ccccc1)NC(=S)NNc1ccc([N+](=O)[O-])cc1. The van der Waals surface area contributed by atoms with Crippen molar-refractivity contribution in [2.75, 3.05) is 5.43 Å². The summed E-state index contributed by atoms with van der Waals surface area (Å²) in [5.41, 5.74) is 6.81. The maximum Gasteiger partial charge on any atom is 0.269 e. The van der Waals surface area contributed by atoms with Crippen molar-refractivity contribution in [3.63, 3.8) is 0 Å². The van der Waals surface area contributed by atoms with Crippen molar-refractivity contribution in [2.24, 2.45) is 0 Å². The largest absolute Gasteiger partial charge is 0.299 e. The molecule has 0 spiro atoms. The van der Waals surface area contributed by atoms with Crippen LogP contribution in [0.15, 0.2) is 60.7 Å². The molecule has 0 saturated heterocycles. The molecule has 0 aromatic heterocycles. The molecule has 2 aromatic carbocycles. The van der Waals surface area contributed by atoms with Crippen LogP contribution >= 0.6 is 12.2 Å². The van der Waals surface area contributed by atoms with E-state index >= 15 is 0 Å².